The molecule has 160 valence electrons. The maximum Gasteiger partial charge on any atom is 0.328 e. The average Bonchev–Trinajstić information content (AvgIpc) is 2.72. The van der Waals surface area contributed by atoms with E-state index in [9.17, 15) is 19.2 Å². The first kappa shape index (κ1) is 22.5. The summed E-state index contributed by atoms with van der Waals surface area (Å²) in [7, 11) is 2.44. The van der Waals surface area contributed by atoms with E-state index in [1.807, 2.05) is 24.3 Å². The van der Waals surface area contributed by atoms with E-state index in [-0.39, 0.29) is 0 Å². The van der Waals surface area contributed by atoms with Crippen molar-refractivity contribution in [2.45, 2.75) is 25.9 Å². The molecule has 0 unspecified atom stereocenters. The van der Waals surface area contributed by atoms with Crippen LogP contribution >= 0.6 is 0 Å². The van der Waals surface area contributed by atoms with Crippen LogP contribution in [0.1, 0.15) is 13.8 Å². The van der Waals surface area contributed by atoms with E-state index < -0.39 is 36.1 Å². The lowest BCUT2D eigenvalue weighted by molar-refractivity contribution is -0.143. The van der Waals surface area contributed by atoms with Gasteiger partial charge < -0.3 is 30.7 Å². The molecule has 4 amide bonds. The number of anilines is 2. The zero-order valence-corrected chi connectivity index (χ0v) is 17.1. The van der Waals surface area contributed by atoms with Gasteiger partial charge in [-0.05, 0) is 36.8 Å². The molecule has 0 radical (unpaired) electrons. The Morgan fingerprint density at radius 2 is 1.10 bits per heavy atom. The first-order chi connectivity index (χ1) is 14.2. The van der Waals surface area contributed by atoms with Crippen LogP contribution in [0.3, 0.4) is 0 Å². The van der Waals surface area contributed by atoms with Crippen LogP contribution in [0, 0.1) is 0 Å². The van der Waals surface area contributed by atoms with Gasteiger partial charge in [0.2, 0.25) is 0 Å². The molecule has 0 aliphatic heterocycles. The van der Waals surface area contributed by atoms with E-state index in [0.717, 1.165) is 10.8 Å². The number of esters is 2. The Balaban J connectivity index is 2.24. The first-order valence-electron chi connectivity index (χ1n) is 9.08. The molecule has 2 rings (SSSR count). The number of amides is 4. The number of benzene rings is 2. The van der Waals surface area contributed by atoms with Crippen molar-refractivity contribution >= 4 is 46.1 Å². The van der Waals surface area contributed by atoms with Crippen molar-refractivity contribution in [2.75, 3.05) is 24.9 Å². The summed E-state index contributed by atoms with van der Waals surface area (Å²) in [5, 5.41) is 11.8. The number of rotatable bonds is 6. The second-order valence-electron chi connectivity index (χ2n) is 6.43. The van der Waals surface area contributed by atoms with Gasteiger partial charge >= 0.3 is 24.0 Å². The second kappa shape index (κ2) is 10.1. The highest BCUT2D eigenvalue weighted by molar-refractivity contribution is 6.04. The monoisotopic (exact) mass is 416 g/mol. The highest BCUT2D eigenvalue weighted by atomic mass is 16.5. The Kier molecular flexibility index (Phi) is 7.56. The summed E-state index contributed by atoms with van der Waals surface area (Å²) in [5.41, 5.74) is 0.591. The molecule has 0 saturated heterocycles. The maximum absolute atomic E-state index is 12.3. The average molecular weight is 416 g/mol. The number of carbonyl (C=O) groups excluding carboxylic acids is 4. The maximum atomic E-state index is 12.3. The van der Waals surface area contributed by atoms with Gasteiger partial charge in [0.05, 0.1) is 25.6 Å². The van der Waals surface area contributed by atoms with E-state index in [0.29, 0.717) is 11.4 Å². The van der Waals surface area contributed by atoms with Gasteiger partial charge in [-0.2, -0.15) is 0 Å². The second-order valence-corrected chi connectivity index (χ2v) is 6.43. The minimum Gasteiger partial charge on any atom is -0.467 e. The van der Waals surface area contributed by atoms with E-state index >= 15 is 0 Å². The largest absolute Gasteiger partial charge is 0.467 e. The lowest BCUT2D eigenvalue weighted by Gasteiger charge is -2.17. The van der Waals surface area contributed by atoms with Gasteiger partial charge in [0.1, 0.15) is 12.1 Å². The van der Waals surface area contributed by atoms with E-state index in [1.165, 1.54) is 28.1 Å². The van der Waals surface area contributed by atoms with Crippen LogP contribution in [-0.2, 0) is 19.1 Å². The van der Waals surface area contributed by atoms with Crippen LogP contribution in [0.5, 0.6) is 0 Å². The van der Waals surface area contributed by atoms with Crippen molar-refractivity contribution in [3.8, 4) is 0 Å². The SMILES string of the molecule is COC(=O)[C@H](C)NC(=O)Nc1cc2ccccc2cc1NC(=O)N[C@H](C)C(=O)OC. The van der Waals surface area contributed by atoms with Gasteiger partial charge in [0, 0.05) is 0 Å². The van der Waals surface area contributed by atoms with E-state index in [2.05, 4.69) is 30.7 Å². The summed E-state index contributed by atoms with van der Waals surface area (Å²) in [5.74, 6) is -1.20. The van der Waals surface area contributed by atoms with Gasteiger partial charge in [0.25, 0.3) is 0 Å². The zero-order chi connectivity index (χ0) is 22.3. The summed E-state index contributed by atoms with van der Waals surface area (Å²) in [4.78, 5) is 47.6. The van der Waals surface area contributed by atoms with Gasteiger partial charge in [0.15, 0.2) is 0 Å². The van der Waals surface area contributed by atoms with Crippen molar-refractivity contribution in [3.05, 3.63) is 36.4 Å². The predicted molar refractivity (Wildman–Crippen MR) is 111 cm³/mol. The molecule has 2 aromatic carbocycles. The third-order valence-corrected chi connectivity index (χ3v) is 4.19. The topological polar surface area (TPSA) is 135 Å². The Labute approximate surface area is 173 Å². The molecule has 0 saturated carbocycles. The van der Waals surface area contributed by atoms with Crippen molar-refractivity contribution < 1.29 is 28.7 Å². The van der Waals surface area contributed by atoms with Crippen LogP contribution in [0.15, 0.2) is 36.4 Å². The molecule has 10 heteroatoms. The van der Waals surface area contributed by atoms with Crippen molar-refractivity contribution in [1.29, 1.82) is 0 Å². The van der Waals surface area contributed by atoms with Gasteiger partial charge in [-0.15, -0.1) is 0 Å². The standard InChI is InChI=1S/C20H24N4O6/c1-11(17(25)29-3)21-19(27)23-15-9-13-7-5-6-8-14(13)10-16(15)24-20(28)22-12(2)18(26)30-4/h5-12H,1-4H3,(H2,21,23,27)(H2,22,24,28)/t11-,12+. The molecule has 0 aliphatic carbocycles. The van der Waals surface area contributed by atoms with Crippen molar-refractivity contribution in [2.24, 2.45) is 0 Å². The third-order valence-electron chi connectivity index (χ3n) is 4.19. The smallest absolute Gasteiger partial charge is 0.328 e. The molecular formula is C20H24N4O6. The lowest BCUT2D eigenvalue weighted by Crippen LogP contribution is -2.42. The fraction of sp³-hybridized carbons (Fsp3) is 0.300. The van der Waals surface area contributed by atoms with Crippen LogP contribution in [-0.4, -0.2) is 50.3 Å². The molecule has 0 aliphatic rings. The molecule has 2 aromatic rings. The molecule has 0 bridgehead atoms. The van der Waals surface area contributed by atoms with Gasteiger partial charge in [-0.3, -0.25) is 0 Å². The summed E-state index contributed by atoms with van der Waals surface area (Å²) >= 11 is 0. The molecule has 0 spiro atoms. The number of ether oxygens (including phenoxy) is 2. The molecule has 2 atom stereocenters. The van der Waals surface area contributed by atoms with E-state index in [4.69, 9.17) is 0 Å². The Bertz CT molecular complexity index is 885. The van der Waals surface area contributed by atoms with Crippen LogP contribution in [0.2, 0.25) is 0 Å². The number of fused-ring (bicyclic) bond motifs is 1. The van der Waals surface area contributed by atoms with Gasteiger partial charge in [-0.25, -0.2) is 19.2 Å². The summed E-state index contributed by atoms with van der Waals surface area (Å²) in [6.07, 6.45) is 0. The Morgan fingerprint density at radius 1 is 0.733 bits per heavy atom. The molecule has 4 N–H and O–H groups in total. The summed E-state index contributed by atoms with van der Waals surface area (Å²) in [6, 6.07) is 7.68. The number of nitrogens with one attached hydrogen (secondary N) is 4. The molecule has 0 heterocycles. The normalized spacial score (nSPS) is 12.3. The predicted octanol–water partition coefficient (Wildman–Crippen LogP) is 2.21. The van der Waals surface area contributed by atoms with E-state index in [1.54, 1.807) is 12.1 Å². The molecule has 0 aromatic heterocycles. The minimum atomic E-state index is -0.865. The Morgan fingerprint density at radius 3 is 1.43 bits per heavy atom. The quantitative estimate of drug-likeness (QED) is 0.533. The van der Waals surface area contributed by atoms with Crippen molar-refractivity contribution in [1.82, 2.24) is 10.6 Å². The molecule has 30 heavy (non-hydrogen) atoms. The molecular weight excluding hydrogens is 392 g/mol. The Hall–Kier alpha value is -3.82. The highest BCUT2D eigenvalue weighted by Crippen LogP contribution is 2.28. The number of methoxy groups -OCH3 is 2. The number of hydrogen-bond donors (Lipinski definition) is 4. The zero-order valence-electron chi connectivity index (χ0n) is 17.1. The fourth-order valence-corrected chi connectivity index (χ4v) is 2.63. The molecule has 10 nitrogen and oxygen atoms in total. The third kappa shape index (κ3) is 5.84. The summed E-state index contributed by atoms with van der Waals surface area (Å²) < 4.78 is 9.16. The number of carbonyl (C=O) groups is 4. The van der Waals surface area contributed by atoms with Gasteiger partial charge in [-0.1, -0.05) is 24.3 Å². The van der Waals surface area contributed by atoms with Crippen LogP contribution < -0.4 is 21.3 Å². The molecule has 0 fully saturated rings. The number of hydrogen-bond acceptors (Lipinski definition) is 6. The van der Waals surface area contributed by atoms with Crippen molar-refractivity contribution in [3.63, 3.8) is 0 Å². The minimum absolute atomic E-state index is 0.295. The first-order valence-corrected chi connectivity index (χ1v) is 9.08. The fourth-order valence-electron chi connectivity index (χ4n) is 2.63. The number of urea groups is 2. The summed E-state index contributed by atoms with van der Waals surface area (Å²) in [6.45, 7) is 2.96. The highest BCUT2D eigenvalue weighted by Gasteiger charge is 2.19. The van der Waals surface area contributed by atoms with Crippen LogP contribution in [0.4, 0.5) is 21.0 Å². The van der Waals surface area contributed by atoms with Crippen LogP contribution in [0.25, 0.3) is 10.8 Å². The lowest BCUT2D eigenvalue weighted by atomic mass is 10.1.